The third-order valence-electron chi connectivity index (χ3n) is 3.47. The Labute approximate surface area is 125 Å². The lowest BCUT2D eigenvalue weighted by Crippen LogP contribution is -2.15. The molecule has 0 aliphatic heterocycles. The summed E-state index contributed by atoms with van der Waals surface area (Å²) in [7, 11) is 1.44. The fraction of sp³-hybridized carbons (Fsp3) is 0.333. The zero-order valence-corrected chi connectivity index (χ0v) is 12.7. The van der Waals surface area contributed by atoms with Crippen LogP contribution in [0.2, 0.25) is 0 Å². The Morgan fingerprint density at radius 3 is 2.38 bits per heavy atom. The summed E-state index contributed by atoms with van der Waals surface area (Å²) in [4.78, 5) is 0. The van der Waals surface area contributed by atoms with Gasteiger partial charge in [-0.15, -0.1) is 0 Å². The van der Waals surface area contributed by atoms with E-state index in [1.807, 2.05) is 13.8 Å². The molecule has 1 N–H and O–H groups in total. The number of benzene rings is 2. The van der Waals surface area contributed by atoms with Crippen LogP contribution in [-0.4, -0.2) is 18.3 Å². The number of ether oxygens (including phenoxy) is 1. The molecule has 1 unspecified atom stereocenters. The maximum Gasteiger partial charge on any atom is 0.168 e. The first-order valence-electron chi connectivity index (χ1n) is 7.06. The van der Waals surface area contributed by atoms with Gasteiger partial charge in [-0.1, -0.05) is 41.5 Å². The van der Waals surface area contributed by atoms with E-state index >= 15 is 0 Å². The van der Waals surface area contributed by atoms with Crippen LogP contribution in [0.4, 0.5) is 4.39 Å². The number of aliphatic hydroxyl groups excluding tert-OH is 1. The maximum atomic E-state index is 14.1. The summed E-state index contributed by atoms with van der Waals surface area (Å²) in [6.07, 6.45) is 0.169. The highest BCUT2D eigenvalue weighted by Gasteiger charge is 2.13. The van der Waals surface area contributed by atoms with Crippen molar-refractivity contribution < 1.29 is 14.2 Å². The molecule has 0 spiro atoms. The fourth-order valence-corrected chi connectivity index (χ4v) is 2.66. The molecule has 3 heteroatoms. The molecule has 2 nitrogen and oxygen atoms in total. The van der Waals surface area contributed by atoms with Gasteiger partial charge in [-0.3, -0.25) is 0 Å². The summed E-state index contributed by atoms with van der Waals surface area (Å²) in [6.45, 7) is 4.06. The fourth-order valence-electron chi connectivity index (χ4n) is 2.66. The minimum Gasteiger partial charge on any atom is -0.494 e. The number of hydrogen-bond acceptors (Lipinski definition) is 2. The van der Waals surface area contributed by atoms with Crippen LogP contribution < -0.4 is 4.74 Å². The van der Waals surface area contributed by atoms with E-state index in [0.29, 0.717) is 12.0 Å². The largest absolute Gasteiger partial charge is 0.494 e. The number of aliphatic hydroxyl groups is 1. The molecule has 2 aromatic rings. The predicted octanol–water partition coefficient (Wildman–Crippen LogP) is 3.60. The molecule has 0 bridgehead atoms. The molecule has 2 rings (SSSR count). The molecule has 0 heterocycles. The number of halogens is 1. The van der Waals surface area contributed by atoms with E-state index in [1.165, 1.54) is 18.2 Å². The number of rotatable bonds is 5. The highest BCUT2D eigenvalue weighted by atomic mass is 19.1. The molecule has 0 aliphatic rings. The molecule has 0 saturated carbocycles. The zero-order chi connectivity index (χ0) is 15.4. The second kappa shape index (κ2) is 6.72. The highest BCUT2D eigenvalue weighted by molar-refractivity contribution is 5.32. The Bertz CT molecular complexity index is 602. The van der Waals surface area contributed by atoms with Crippen LogP contribution in [-0.2, 0) is 12.8 Å². The van der Waals surface area contributed by atoms with Crippen LogP contribution in [0.3, 0.4) is 0 Å². The summed E-state index contributed by atoms with van der Waals surface area (Å²) < 4.78 is 19.0. The molecule has 0 radical (unpaired) electrons. The minimum atomic E-state index is -0.618. The molecule has 0 aromatic heterocycles. The van der Waals surface area contributed by atoms with E-state index in [9.17, 15) is 9.50 Å². The van der Waals surface area contributed by atoms with Crippen LogP contribution in [0.5, 0.6) is 5.75 Å². The molecule has 0 saturated heterocycles. The molecular weight excluding hydrogens is 267 g/mol. The number of aryl methyl sites for hydroxylation is 2. The SMILES string of the molecule is COc1cccc(CC(O)Cc2cc(C)cc(C)c2)c1F. The Kier molecular flexibility index (Phi) is 4.97. The summed E-state index contributed by atoms with van der Waals surface area (Å²) in [6, 6.07) is 11.2. The van der Waals surface area contributed by atoms with E-state index < -0.39 is 6.10 Å². The number of methoxy groups -OCH3 is 1. The molecule has 112 valence electrons. The molecule has 0 aliphatic carbocycles. The summed E-state index contributed by atoms with van der Waals surface area (Å²) >= 11 is 0. The van der Waals surface area contributed by atoms with Crippen molar-refractivity contribution in [2.75, 3.05) is 7.11 Å². The summed E-state index contributed by atoms with van der Waals surface area (Å²) in [5.41, 5.74) is 3.89. The van der Waals surface area contributed by atoms with Crippen molar-refractivity contribution in [1.82, 2.24) is 0 Å². The standard InChI is InChI=1S/C18H21FO2/c1-12-7-13(2)9-14(8-12)10-16(20)11-15-5-4-6-17(21-3)18(15)19/h4-9,16,20H,10-11H2,1-3H3. The lowest BCUT2D eigenvalue weighted by atomic mass is 9.98. The second-order valence-corrected chi connectivity index (χ2v) is 5.49. The predicted molar refractivity (Wildman–Crippen MR) is 82.3 cm³/mol. The van der Waals surface area contributed by atoms with Gasteiger partial charge >= 0.3 is 0 Å². The van der Waals surface area contributed by atoms with Crippen molar-refractivity contribution in [2.45, 2.75) is 32.8 Å². The Hall–Kier alpha value is -1.87. The zero-order valence-electron chi connectivity index (χ0n) is 12.7. The van der Waals surface area contributed by atoms with E-state index in [0.717, 1.165) is 5.56 Å². The average Bonchev–Trinajstić information content (AvgIpc) is 2.40. The Morgan fingerprint density at radius 1 is 1.10 bits per heavy atom. The highest BCUT2D eigenvalue weighted by Crippen LogP contribution is 2.22. The van der Waals surface area contributed by atoms with Crippen LogP contribution >= 0.6 is 0 Å². The van der Waals surface area contributed by atoms with Crippen LogP contribution in [0, 0.1) is 19.7 Å². The summed E-state index contributed by atoms with van der Waals surface area (Å²) in [5, 5.41) is 10.2. The third-order valence-corrected chi connectivity index (χ3v) is 3.47. The van der Waals surface area contributed by atoms with Gasteiger partial charge < -0.3 is 9.84 Å². The van der Waals surface area contributed by atoms with Gasteiger partial charge in [-0.05, 0) is 37.5 Å². The molecule has 1 atom stereocenters. The molecule has 0 fully saturated rings. The summed E-state index contributed by atoms with van der Waals surface area (Å²) in [5.74, 6) is -0.175. The normalized spacial score (nSPS) is 12.2. The Morgan fingerprint density at radius 2 is 1.76 bits per heavy atom. The van der Waals surface area contributed by atoms with Crippen LogP contribution in [0.15, 0.2) is 36.4 Å². The monoisotopic (exact) mass is 288 g/mol. The average molecular weight is 288 g/mol. The van der Waals surface area contributed by atoms with Crippen molar-refractivity contribution >= 4 is 0 Å². The lowest BCUT2D eigenvalue weighted by Gasteiger charge is -2.13. The van der Waals surface area contributed by atoms with E-state index in [2.05, 4.69) is 18.2 Å². The van der Waals surface area contributed by atoms with Gasteiger partial charge in [0, 0.05) is 6.42 Å². The van der Waals surface area contributed by atoms with Gasteiger partial charge in [0.25, 0.3) is 0 Å². The second-order valence-electron chi connectivity index (χ2n) is 5.49. The quantitative estimate of drug-likeness (QED) is 0.911. The minimum absolute atomic E-state index is 0.214. The molecule has 21 heavy (non-hydrogen) atoms. The first-order valence-corrected chi connectivity index (χ1v) is 7.06. The van der Waals surface area contributed by atoms with Crippen molar-refractivity contribution in [1.29, 1.82) is 0 Å². The molecule has 2 aromatic carbocycles. The maximum absolute atomic E-state index is 14.1. The smallest absolute Gasteiger partial charge is 0.168 e. The van der Waals surface area contributed by atoms with Gasteiger partial charge in [0.05, 0.1) is 13.2 Å². The van der Waals surface area contributed by atoms with Crippen molar-refractivity contribution in [3.8, 4) is 5.75 Å². The van der Waals surface area contributed by atoms with Crippen molar-refractivity contribution in [3.63, 3.8) is 0 Å². The molecule has 0 amide bonds. The van der Waals surface area contributed by atoms with Gasteiger partial charge in [-0.2, -0.15) is 0 Å². The van der Waals surface area contributed by atoms with Gasteiger partial charge in [-0.25, -0.2) is 4.39 Å². The number of hydrogen-bond donors (Lipinski definition) is 1. The van der Waals surface area contributed by atoms with E-state index in [-0.39, 0.29) is 18.0 Å². The van der Waals surface area contributed by atoms with Gasteiger partial charge in [0.1, 0.15) is 0 Å². The van der Waals surface area contributed by atoms with Gasteiger partial charge in [0.2, 0.25) is 0 Å². The van der Waals surface area contributed by atoms with Crippen molar-refractivity contribution in [3.05, 3.63) is 64.5 Å². The lowest BCUT2D eigenvalue weighted by molar-refractivity contribution is 0.174. The third kappa shape index (κ3) is 4.05. The van der Waals surface area contributed by atoms with Crippen molar-refractivity contribution in [2.24, 2.45) is 0 Å². The first kappa shape index (κ1) is 15.5. The Balaban J connectivity index is 2.09. The van der Waals surface area contributed by atoms with Crippen LogP contribution in [0.25, 0.3) is 0 Å². The van der Waals surface area contributed by atoms with E-state index in [4.69, 9.17) is 4.74 Å². The first-order chi connectivity index (χ1) is 9.99. The topological polar surface area (TPSA) is 29.5 Å². The van der Waals surface area contributed by atoms with E-state index in [1.54, 1.807) is 18.2 Å². The molecular formula is C18H21FO2. The van der Waals surface area contributed by atoms with Gasteiger partial charge in [0.15, 0.2) is 11.6 Å². The van der Waals surface area contributed by atoms with Crippen LogP contribution in [0.1, 0.15) is 22.3 Å².